The number of aliphatic carboxylic acids is 1. The molecule has 0 saturated heterocycles. The summed E-state index contributed by atoms with van der Waals surface area (Å²) in [6, 6.07) is 17.7. The Kier molecular flexibility index (Phi) is 14.6. The van der Waals surface area contributed by atoms with Crippen molar-refractivity contribution in [2.75, 3.05) is 60.4 Å². The highest BCUT2D eigenvalue weighted by atomic mass is 32.2. The monoisotopic (exact) mass is 728 g/mol. The van der Waals surface area contributed by atoms with Crippen LogP contribution in [-0.4, -0.2) is 88.7 Å². The van der Waals surface area contributed by atoms with Crippen molar-refractivity contribution in [2.45, 2.75) is 45.4 Å². The fourth-order valence-electron chi connectivity index (χ4n) is 5.44. The number of carbonyl (C=O) groups is 1. The van der Waals surface area contributed by atoms with Gasteiger partial charge in [-0.25, -0.2) is 21.6 Å². The molecule has 11 nitrogen and oxygen atoms in total. The number of aliphatic hydroxyl groups is 2. The second-order valence-electron chi connectivity index (χ2n) is 11.8. The van der Waals surface area contributed by atoms with Crippen molar-refractivity contribution in [3.8, 4) is 11.5 Å². The molecule has 0 aromatic heterocycles. The summed E-state index contributed by atoms with van der Waals surface area (Å²) in [6.45, 7) is 7.19. The van der Waals surface area contributed by atoms with Gasteiger partial charge in [0.2, 0.25) is 0 Å². The van der Waals surface area contributed by atoms with Gasteiger partial charge in [-0.15, -0.1) is 0 Å². The number of benzene rings is 3. The van der Waals surface area contributed by atoms with Crippen LogP contribution in [-0.2, 0) is 30.9 Å². The lowest BCUT2D eigenvalue weighted by Crippen LogP contribution is -2.27. The van der Waals surface area contributed by atoms with E-state index in [4.69, 9.17) is 9.84 Å². The average molecular weight is 729 g/mol. The van der Waals surface area contributed by atoms with E-state index in [2.05, 4.69) is 0 Å². The van der Waals surface area contributed by atoms with Crippen LogP contribution in [0.3, 0.4) is 0 Å². The van der Waals surface area contributed by atoms with Gasteiger partial charge in [-0.1, -0.05) is 37.3 Å². The first-order chi connectivity index (χ1) is 23.7. The summed E-state index contributed by atoms with van der Waals surface area (Å²) in [5, 5.41) is 28.3. The molecule has 0 aliphatic rings. The summed E-state index contributed by atoms with van der Waals surface area (Å²) in [5.74, 6) is -0.845. The molecule has 3 aromatic carbocycles. The molecule has 0 unspecified atom stereocenters. The van der Waals surface area contributed by atoms with E-state index in [0.29, 0.717) is 47.1 Å². The number of hydrogen-bond acceptors (Lipinski definition) is 10. The topological polar surface area (TPSA) is 162 Å². The normalized spacial score (nSPS) is 12.5. The van der Waals surface area contributed by atoms with E-state index in [0.717, 1.165) is 11.1 Å². The first kappa shape index (κ1) is 40.3. The van der Waals surface area contributed by atoms with E-state index in [9.17, 15) is 31.8 Å². The average Bonchev–Trinajstić information content (AvgIpc) is 3.06. The third kappa shape index (κ3) is 10.7. The van der Waals surface area contributed by atoms with Gasteiger partial charge in [0.1, 0.15) is 11.5 Å². The van der Waals surface area contributed by atoms with Gasteiger partial charge in [-0.2, -0.15) is 0 Å². The maximum absolute atomic E-state index is 12.8. The Labute approximate surface area is 296 Å². The van der Waals surface area contributed by atoms with E-state index in [1.165, 1.54) is 6.07 Å². The summed E-state index contributed by atoms with van der Waals surface area (Å²) in [5.41, 5.74) is 4.48. The Morgan fingerprint density at radius 2 is 1.52 bits per heavy atom. The summed E-state index contributed by atoms with van der Waals surface area (Å²) >= 11 is 0. The van der Waals surface area contributed by atoms with Gasteiger partial charge in [0.25, 0.3) is 0 Å². The lowest BCUT2D eigenvalue weighted by molar-refractivity contribution is -0.132. The molecule has 0 saturated carbocycles. The molecular formula is C37H48N2O9S2. The molecule has 272 valence electrons. The minimum absolute atomic E-state index is 0.0956. The van der Waals surface area contributed by atoms with E-state index in [-0.39, 0.29) is 40.7 Å². The summed E-state index contributed by atoms with van der Waals surface area (Å²) < 4.78 is 56.6. The minimum Gasteiger partial charge on any atom is -0.478 e. The van der Waals surface area contributed by atoms with Crippen molar-refractivity contribution in [1.82, 2.24) is 0 Å². The molecule has 0 amide bonds. The van der Waals surface area contributed by atoms with Crippen LogP contribution in [0.2, 0.25) is 0 Å². The minimum atomic E-state index is -3.69. The highest BCUT2D eigenvalue weighted by Crippen LogP contribution is 2.37. The fraction of sp³-hybridized carbons (Fsp3) is 0.378. The first-order valence-corrected chi connectivity index (χ1v) is 19.9. The molecule has 0 radical (unpaired) electrons. The van der Waals surface area contributed by atoms with Gasteiger partial charge in [-0.05, 0) is 74.2 Å². The SMILES string of the molecule is C/C=C\C(Cc1ccc(N(CC)c2cccc(S(=O)(=O)CCO)c2)cc1Oc1cc(N(C)CCS(=O)(=O)CCO)ccc1C)=C(/CC)C(=O)O. The number of hydrogen-bond donors (Lipinski definition) is 3. The van der Waals surface area contributed by atoms with E-state index in [1.54, 1.807) is 49.2 Å². The summed E-state index contributed by atoms with van der Waals surface area (Å²) in [4.78, 5) is 16.0. The van der Waals surface area contributed by atoms with Gasteiger partial charge >= 0.3 is 5.97 Å². The van der Waals surface area contributed by atoms with Gasteiger partial charge in [0.05, 0.1) is 35.4 Å². The summed E-state index contributed by atoms with van der Waals surface area (Å²) in [6.07, 6.45) is 4.17. The first-order valence-electron chi connectivity index (χ1n) is 16.4. The molecule has 13 heteroatoms. The zero-order valence-electron chi connectivity index (χ0n) is 29.3. The Hall–Kier alpha value is -4.17. The number of carboxylic acid groups (broad SMARTS) is 1. The van der Waals surface area contributed by atoms with Crippen LogP contribution >= 0.6 is 0 Å². The molecule has 0 atom stereocenters. The van der Waals surface area contributed by atoms with Crippen LogP contribution < -0.4 is 14.5 Å². The molecule has 0 fully saturated rings. The number of sulfone groups is 2. The number of aliphatic hydroxyl groups excluding tert-OH is 2. The van der Waals surface area contributed by atoms with Crippen LogP contribution in [0.25, 0.3) is 0 Å². The number of aryl methyl sites for hydroxylation is 1. The van der Waals surface area contributed by atoms with Crippen molar-refractivity contribution < 1.29 is 41.7 Å². The molecule has 0 aliphatic heterocycles. The summed E-state index contributed by atoms with van der Waals surface area (Å²) in [7, 11) is -5.33. The Morgan fingerprint density at radius 1 is 0.860 bits per heavy atom. The van der Waals surface area contributed by atoms with Gasteiger partial charge in [-0.3, -0.25) is 0 Å². The van der Waals surface area contributed by atoms with E-state index < -0.39 is 38.9 Å². The quantitative estimate of drug-likeness (QED) is 0.106. The van der Waals surface area contributed by atoms with Crippen LogP contribution in [0.5, 0.6) is 11.5 Å². The van der Waals surface area contributed by atoms with Gasteiger partial charge < -0.3 is 29.9 Å². The highest BCUT2D eigenvalue weighted by molar-refractivity contribution is 7.91. The maximum Gasteiger partial charge on any atom is 0.331 e. The number of anilines is 3. The second kappa shape index (κ2) is 18.2. The smallest absolute Gasteiger partial charge is 0.331 e. The van der Waals surface area contributed by atoms with Crippen molar-refractivity contribution in [3.63, 3.8) is 0 Å². The molecule has 0 spiro atoms. The number of ether oxygens (including phenoxy) is 1. The lowest BCUT2D eigenvalue weighted by atomic mass is 9.96. The van der Waals surface area contributed by atoms with Gasteiger partial charge in [0, 0.05) is 61.3 Å². The number of rotatable bonds is 19. The molecule has 0 bridgehead atoms. The molecule has 3 aromatic rings. The van der Waals surface area contributed by atoms with Crippen LogP contribution in [0, 0.1) is 6.92 Å². The zero-order valence-corrected chi connectivity index (χ0v) is 30.9. The third-order valence-electron chi connectivity index (χ3n) is 8.25. The molecular weight excluding hydrogens is 681 g/mol. The number of allylic oxidation sites excluding steroid dienone is 3. The Bertz CT molecular complexity index is 1920. The van der Waals surface area contributed by atoms with Crippen molar-refractivity contribution in [1.29, 1.82) is 0 Å². The second-order valence-corrected chi connectivity index (χ2v) is 16.2. The maximum atomic E-state index is 12.8. The van der Waals surface area contributed by atoms with Crippen molar-refractivity contribution >= 4 is 42.7 Å². The predicted octanol–water partition coefficient (Wildman–Crippen LogP) is 5.46. The zero-order chi connectivity index (χ0) is 37.1. The molecule has 0 aliphatic carbocycles. The highest BCUT2D eigenvalue weighted by Gasteiger charge is 2.20. The van der Waals surface area contributed by atoms with Crippen LogP contribution in [0.1, 0.15) is 38.3 Å². The standard InChI is InChI=1S/C37H48N2O9S2/c1-6-10-28(34(7-2)37(42)43)23-29-14-16-32(39(8-3)31-11-9-12-33(24-31)50(46,47)22-19-41)26-36(29)48-35-25-30(15-13-27(35)4)38(5)17-20-49(44,45)21-18-40/h6,9-16,24-26,40-41H,7-8,17-23H2,1-5H3,(H,42,43)/b10-6-,34-28-. The van der Waals surface area contributed by atoms with Crippen LogP contribution in [0.15, 0.2) is 88.9 Å². The Morgan fingerprint density at radius 3 is 2.14 bits per heavy atom. The lowest BCUT2D eigenvalue weighted by Gasteiger charge is -2.26. The number of nitrogens with zero attached hydrogens (tertiary/aromatic N) is 2. The molecule has 0 heterocycles. The predicted molar refractivity (Wildman–Crippen MR) is 198 cm³/mol. The molecule has 3 rings (SSSR count). The number of carboxylic acids is 1. The third-order valence-corrected chi connectivity index (χ3v) is 11.5. The largest absolute Gasteiger partial charge is 0.478 e. The Balaban J connectivity index is 2.15. The molecule has 3 N–H and O–H groups in total. The van der Waals surface area contributed by atoms with Crippen molar-refractivity contribution in [3.05, 3.63) is 95.1 Å². The molecule has 50 heavy (non-hydrogen) atoms. The van der Waals surface area contributed by atoms with Crippen molar-refractivity contribution in [2.24, 2.45) is 0 Å². The van der Waals surface area contributed by atoms with Gasteiger partial charge in [0.15, 0.2) is 19.7 Å². The van der Waals surface area contributed by atoms with E-state index in [1.807, 2.05) is 62.1 Å². The van der Waals surface area contributed by atoms with Crippen LogP contribution in [0.4, 0.5) is 17.1 Å². The fourth-order valence-corrected chi connectivity index (χ4v) is 7.53. The van der Waals surface area contributed by atoms with E-state index >= 15 is 0 Å².